The maximum Gasteiger partial charge on any atom is 0.483 e. The van der Waals surface area contributed by atoms with E-state index in [1.165, 1.54) is 14.2 Å². The zero-order valence-electron chi connectivity index (χ0n) is 14.7. The molecule has 0 fully saturated rings. The van der Waals surface area contributed by atoms with Crippen molar-refractivity contribution in [2.45, 2.75) is 61.4 Å². The molecule has 0 aliphatic rings. The number of aliphatic hydroxyl groups excluding tert-OH is 1. The van der Waals surface area contributed by atoms with Crippen molar-refractivity contribution in [3.05, 3.63) is 0 Å². The predicted octanol–water partition coefficient (Wildman–Crippen LogP) is 5.65. The first-order chi connectivity index (χ1) is 14.8. The zero-order chi connectivity index (χ0) is 28.9. The molecule has 0 aromatic rings. The van der Waals surface area contributed by atoms with E-state index in [0.29, 0.717) is 0 Å². The third-order valence-corrected chi connectivity index (χ3v) is 2.66. The standard InChI is InChI=1S/C10H2F20O5/c11-1(31)2(12,13)32-5(19,20)6(21,22)34-9(27,28)10(29,30)35-8(25,26)7(23,24)33-4(17,18)3(14,15)16/h1,31H. The van der Waals surface area contributed by atoms with Crippen LogP contribution in [0, 0.1) is 0 Å². The van der Waals surface area contributed by atoms with Crippen molar-refractivity contribution in [1.29, 1.82) is 0 Å². The van der Waals surface area contributed by atoms with Crippen LogP contribution in [0.3, 0.4) is 0 Å². The fourth-order valence-corrected chi connectivity index (χ4v) is 1.12. The van der Waals surface area contributed by atoms with E-state index >= 15 is 0 Å². The fraction of sp³-hybridized carbons (Fsp3) is 1.00. The number of halogens is 20. The summed E-state index contributed by atoms with van der Waals surface area (Å²) in [5.74, 6) is 0. The van der Waals surface area contributed by atoms with Gasteiger partial charge in [-0.15, -0.1) is 0 Å². The predicted molar refractivity (Wildman–Crippen MR) is 57.1 cm³/mol. The van der Waals surface area contributed by atoms with Gasteiger partial charge in [0.2, 0.25) is 0 Å². The van der Waals surface area contributed by atoms with Crippen molar-refractivity contribution in [2.75, 3.05) is 0 Å². The third-order valence-electron chi connectivity index (χ3n) is 2.66. The van der Waals surface area contributed by atoms with Gasteiger partial charge in [-0.25, -0.2) is 23.3 Å². The fourth-order valence-electron chi connectivity index (χ4n) is 1.12. The SMILES string of the molecule is OC(F)C(F)(F)OC(F)(F)C(F)(F)OC(F)(F)C(F)(F)OC(F)(F)C(F)(F)OC(F)(F)C(F)(F)F. The number of hydrogen-bond acceptors (Lipinski definition) is 5. The summed E-state index contributed by atoms with van der Waals surface area (Å²) in [7, 11) is 0. The van der Waals surface area contributed by atoms with E-state index in [4.69, 9.17) is 5.11 Å². The summed E-state index contributed by atoms with van der Waals surface area (Å²) in [6, 6.07) is 0. The number of hydrogen-bond donors (Lipinski definition) is 1. The lowest BCUT2D eigenvalue weighted by Gasteiger charge is -2.35. The Morgan fingerprint density at radius 2 is 0.571 bits per heavy atom. The van der Waals surface area contributed by atoms with Gasteiger partial charge in [-0.05, 0) is 0 Å². The lowest BCUT2D eigenvalue weighted by Crippen LogP contribution is -2.60. The van der Waals surface area contributed by atoms with E-state index in [-0.39, 0.29) is 0 Å². The maximum atomic E-state index is 13.0. The zero-order valence-corrected chi connectivity index (χ0v) is 14.7. The largest absolute Gasteiger partial charge is 0.483 e. The van der Waals surface area contributed by atoms with Gasteiger partial charge in [0.1, 0.15) is 0 Å². The highest BCUT2D eigenvalue weighted by atomic mass is 19.4. The average molecular weight is 582 g/mol. The topological polar surface area (TPSA) is 57.2 Å². The van der Waals surface area contributed by atoms with E-state index in [1.807, 2.05) is 0 Å². The Hall–Kier alpha value is -1.60. The van der Waals surface area contributed by atoms with Gasteiger partial charge in [0, 0.05) is 0 Å². The van der Waals surface area contributed by atoms with E-state index in [0.717, 1.165) is 0 Å². The second kappa shape index (κ2) is 9.05. The van der Waals surface area contributed by atoms with Gasteiger partial charge in [0.25, 0.3) is 6.36 Å². The van der Waals surface area contributed by atoms with Crippen LogP contribution in [0.15, 0.2) is 0 Å². The van der Waals surface area contributed by atoms with Crippen LogP contribution >= 0.6 is 0 Å². The minimum atomic E-state index is -7.83. The van der Waals surface area contributed by atoms with E-state index in [9.17, 15) is 87.8 Å². The quantitative estimate of drug-likeness (QED) is 0.302. The van der Waals surface area contributed by atoms with Crippen LogP contribution in [-0.2, 0) is 18.9 Å². The smallest absolute Gasteiger partial charge is 0.357 e. The lowest BCUT2D eigenvalue weighted by atomic mass is 10.4. The van der Waals surface area contributed by atoms with Crippen LogP contribution in [0.5, 0.6) is 0 Å². The highest BCUT2D eigenvalue weighted by Gasteiger charge is 2.78. The minimum Gasteiger partial charge on any atom is -0.357 e. The molecule has 0 amide bonds. The molecule has 5 nitrogen and oxygen atoms in total. The molecule has 212 valence electrons. The molecule has 25 heteroatoms. The van der Waals surface area contributed by atoms with E-state index < -0.39 is 61.4 Å². The molecule has 0 aromatic carbocycles. The summed E-state index contributed by atoms with van der Waals surface area (Å²) in [4.78, 5) is 0. The Bertz CT molecular complexity index is 728. The molecule has 0 saturated carbocycles. The molecule has 0 spiro atoms. The van der Waals surface area contributed by atoms with Crippen molar-refractivity contribution in [3.63, 3.8) is 0 Å². The first-order valence-corrected chi connectivity index (χ1v) is 6.99. The van der Waals surface area contributed by atoms with Crippen LogP contribution in [0.1, 0.15) is 0 Å². The van der Waals surface area contributed by atoms with Crippen LogP contribution in [0.4, 0.5) is 87.8 Å². The molecule has 0 heterocycles. The second-order valence-electron chi connectivity index (χ2n) is 5.42. The molecule has 1 atom stereocenters. The van der Waals surface area contributed by atoms with Crippen LogP contribution in [-0.4, -0.2) is 66.5 Å². The molecule has 0 rings (SSSR count). The molecule has 0 bridgehead atoms. The van der Waals surface area contributed by atoms with Gasteiger partial charge >= 0.3 is 55.0 Å². The summed E-state index contributed by atoms with van der Waals surface area (Å²) in [6.07, 6.45) is -72.0. The van der Waals surface area contributed by atoms with Gasteiger partial charge in [-0.2, -0.15) is 83.4 Å². The van der Waals surface area contributed by atoms with Crippen LogP contribution in [0.2, 0.25) is 0 Å². The van der Waals surface area contributed by atoms with Gasteiger partial charge in [0.15, 0.2) is 0 Å². The Morgan fingerprint density at radius 1 is 0.371 bits per heavy atom. The molecule has 0 radical (unpaired) electrons. The second-order valence-corrected chi connectivity index (χ2v) is 5.42. The number of alkyl halides is 20. The number of rotatable bonds is 12. The van der Waals surface area contributed by atoms with Gasteiger partial charge in [0.05, 0.1) is 0 Å². The number of ether oxygens (including phenoxy) is 4. The normalized spacial score (nSPS) is 17.1. The van der Waals surface area contributed by atoms with Gasteiger partial charge in [-0.1, -0.05) is 0 Å². The summed E-state index contributed by atoms with van der Waals surface area (Å²) >= 11 is 0. The Kier molecular flexibility index (Phi) is 8.64. The highest BCUT2D eigenvalue weighted by molar-refractivity contribution is 4.80. The Labute approximate surface area is 175 Å². The molecular weight excluding hydrogens is 580 g/mol. The first-order valence-electron chi connectivity index (χ1n) is 6.99. The number of aliphatic hydroxyl groups is 1. The molecule has 1 N–H and O–H groups in total. The van der Waals surface area contributed by atoms with Gasteiger partial charge < -0.3 is 5.11 Å². The summed E-state index contributed by atoms with van der Waals surface area (Å²) in [6.45, 7) is 0. The van der Waals surface area contributed by atoms with E-state index in [1.54, 1.807) is 4.74 Å². The molecule has 0 saturated heterocycles. The van der Waals surface area contributed by atoms with Crippen molar-refractivity contribution >= 4 is 0 Å². The highest BCUT2D eigenvalue weighted by Crippen LogP contribution is 2.52. The van der Waals surface area contributed by atoms with Crippen molar-refractivity contribution in [2.24, 2.45) is 0 Å². The van der Waals surface area contributed by atoms with Crippen molar-refractivity contribution in [3.8, 4) is 0 Å². The van der Waals surface area contributed by atoms with Crippen LogP contribution in [0.25, 0.3) is 0 Å². The van der Waals surface area contributed by atoms with E-state index in [2.05, 4.69) is 0 Å². The van der Waals surface area contributed by atoms with Gasteiger partial charge in [-0.3, -0.25) is 0 Å². The molecule has 0 aromatic heterocycles. The van der Waals surface area contributed by atoms with Crippen molar-refractivity contribution < 1.29 is 112 Å². The Morgan fingerprint density at radius 3 is 0.771 bits per heavy atom. The lowest BCUT2D eigenvalue weighted by molar-refractivity contribution is -0.583. The molecule has 35 heavy (non-hydrogen) atoms. The maximum absolute atomic E-state index is 13.0. The summed E-state index contributed by atoms with van der Waals surface area (Å²) in [5.41, 5.74) is 0. The minimum absolute atomic E-state index is 1.23. The average Bonchev–Trinajstić information content (AvgIpc) is 2.48. The summed E-state index contributed by atoms with van der Waals surface area (Å²) in [5, 5.41) is 7.67. The monoisotopic (exact) mass is 582 g/mol. The van der Waals surface area contributed by atoms with Crippen molar-refractivity contribution in [1.82, 2.24) is 0 Å². The Balaban J connectivity index is 5.96. The van der Waals surface area contributed by atoms with Crippen LogP contribution < -0.4 is 0 Å². The molecule has 1 unspecified atom stereocenters. The first kappa shape index (κ1) is 33.4. The molecular formula is C10H2F20O5. The molecule has 0 aliphatic carbocycles. The molecule has 0 aliphatic heterocycles. The third kappa shape index (κ3) is 7.22. The summed E-state index contributed by atoms with van der Waals surface area (Å²) < 4.78 is 257.